The number of aromatic nitrogens is 2. The van der Waals surface area contributed by atoms with Crippen LogP contribution in [-0.4, -0.2) is 9.97 Å². The lowest BCUT2D eigenvalue weighted by Crippen LogP contribution is -2.01. The van der Waals surface area contributed by atoms with Gasteiger partial charge < -0.3 is 5.32 Å². The Morgan fingerprint density at radius 3 is 2.59 bits per heavy atom. The number of nitrogens with zero attached hydrogens (tertiary/aromatic N) is 2. The molecule has 0 saturated carbocycles. The molecule has 3 nitrogen and oxygen atoms in total. The first kappa shape index (κ1) is 13.7. The predicted molar refractivity (Wildman–Crippen MR) is 93.3 cm³/mol. The van der Waals surface area contributed by atoms with E-state index in [1.54, 1.807) is 6.33 Å². The first-order chi connectivity index (χ1) is 10.7. The molecule has 0 bridgehead atoms. The van der Waals surface area contributed by atoms with Gasteiger partial charge in [0.15, 0.2) is 0 Å². The average Bonchev–Trinajstić information content (AvgIpc) is 2.85. The van der Waals surface area contributed by atoms with Gasteiger partial charge in [0.25, 0.3) is 0 Å². The Labute approximate surface area is 134 Å². The molecule has 0 amide bonds. The van der Waals surface area contributed by atoms with Crippen molar-refractivity contribution in [3.05, 3.63) is 46.1 Å². The van der Waals surface area contributed by atoms with E-state index in [1.165, 1.54) is 46.2 Å². The molecular formula is C18H19N3S. The van der Waals surface area contributed by atoms with Crippen molar-refractivity contribution in [3.8, 4) is 0 Å². The minimum atomic E-state index is 0.953. The van der Waals surface area contributed by atoms with E-state index in [9.17, 15) is 0 Å². The second-order valence-corrected chi connectivity index (χ2v) is 7.20. The molecule has 22 heavy (non-hydrogen) atoms. The van der Waals surface area contributed by atoms with Crippen molar-refractivity contribution in [2.45, 2.75) is 39.5 Å². The highest BCUT2D eigenvalue weighted by atomic mass is 32.1. The predicted octanol–water partition coefficient (Wildman–Crippen LogP) is 4.93. The Hall–Kier alpha value is -1.94. The van der Waals surface area contributed by atoms with E-state index in [0.717, 1.165) is 22.8 Å². The zero-order chi connectivity index (χ0) is 15.1. The standard InChI is InChI=1S/C18H19N3S/c1-11-7-12(2)9-13(8-11)21-17-16-14-5-3-4-6-15(14)22-18(16)20-10-19-17/h7-10H,3-6H2,1-2H3,(H,19,20,21). The highest BCUT2D eigenvalue weighted by Crippen LogP contribution is 2.38. The third kappa shape index (κ3) is 2.37. The van der Waals surface area contributed by atoms with Crippen LogP contribution in [0.15, 0.2) is 24.5 Å². The topological polar surface area (TPSA) is 37.8 Å². The molecule has 112 valence electrons. The Morgan fingerprint density at radius 1 is 1.00 bits per heavy atom. The molecule has 1 aliphatic rings. The average molecular weight is 309 g/mol. The summed E-state index contributed by atoms with van der Waals surface area (Å²) in [5, 5.41) is 4.76. The molecular weight excluding hydrogens is 290 g/mol. The summed E-state index contributed by atoms with van der Waals surface area (Å²) in [6, 6.07) is 6.52. The molecule has 4 rings (SSSR count). The van der Waals surface area contributed by atoms with Crippen LogP contribution < -0.4 is 5.32 Å². The maximum Gasteiger partial charge on any atom is 0.142 e. The fourth-order valence-corrected chi connectivity index (χ4v) is 4.60. The number of thiophene rings is 1. The van der Waals surface area contributed by atoms with E-state index in [2.05, 4.69) is 47.3 Å². The van der Waals surface area contributed by atoms with Gasteiger partial charge in [-0.05, 0) is 68.4 Å². The molecule has 0 atom stereocenters. The van der Waals surface area contributed by atoms with E-state index in [4.69, 9.17) is 0 Å². The number of fused-ring (bicyclic) bond motifs is 3. The zero-order valence-electron chi connectivity index (χ0n) is 12.9. The number of aryl methyl sites for hydroxylation is 4. The SMILES string of the molecule is Cc1cc(C)cc(Nc2ncnc3sc4c(c23)CCCC4)c1. The zero-order valence-corrected chi connectivity index (χ0v) is 13.8. The highest BCUT2D eigenvalue weighted by Gasteiger charge is 2.19. The van der Waals surface area contributed by atoms with Crippen LogP contribution in [0.25, 0.3) is 10.2 Å². The summed E-state index contributed by atoms with van der Waals surface area (Å²) in [6.07, 6.45) is 6.60. The quantitative estimate of drug-likeness (QED) is 0.729. The highest BCUT2D eigenvalue weighted by molar-refractivity contribution is 7.19. The third-order valence-electron chi connectivity index (χ3n) is 4.24. The van der Waals surface area contributed by atoms with E-state index in [1.807, 2.05) is 11.3 Å². The number of hydrogen-bond donors (Lipinski definition) is 1. The van der Waals surface area contributed by atoms with Crippen LogP contribution in [0, 0.1) is 13.8 Å². The van der Waals surface area contributed by atoms with E-state index < -0.39 is 0 Å². The van der Waals surface area contributed by atoms with Gasteiger partial charge in [0.2, 0.25) is 0 Å². The number of anilines is 2. The van der Waals surface area contributed by atoms with Gasteiger partial charge in [0, 0.05) is 10.6 Å². The van der Waals surface area contributed by atoms with Gasteiger partial charge in [-0.1, -0.05) is 6.07 Å². The molecule has 1 aromatic carbocycles. The van der Waals surface area contributed by atoms with Crippen molar-refractivity contribution >= 4 is 33.1 Å². The summed E-state index contributed by atoms with van der Waals surface area (Å²) in [5.41, 5.74) is 5.10. The smallest absolute Gasteiger partial charge is 0.142 e. The lowest BCUT2D eigenvalue weighted by Gasteiger charge is -2.13. The number of hydrogen-bond acceptors (Lipinski definition) is 4. The normalized spacial score (nSPS) is 14.1. The molecule has 0 aliphatic heterocycles. The summed E-state index contributed by atoms with van der Waals surface area (Å²) in [7, 11) is 0. The largest absolute Gasteiger partial charge is 0.340 e. The summed E-state index contributed by atoms with van der Waals surface area (Å²) < 4.78 is 0. The van der Waals surface area contributed by atoms with Crippen LogP contribution in [0.3, 0.4) is 0 Å². The molecule has 0 radical (unpaired) electrons. The number of nitrogens with one attached hydrogen (secondary N) is 1. The molecule has 3 aromatic rings. The fraction of sp³-hybridized carbons (Fsp3) is 0.333. The third-order valence-corrected chi connectivity index (χ3v) is 5.44. The first-order valence-electron chi connectivity index (χ1n) is 7.81. The first-order valence-corrected chi connectivity index (χ1v) is 8.63. The molecule has 0 fully saturated rings. The summed E-state index contributed by atoms with van der Waals surface area (Å²) in [4.78, 5) is 11.6. The van der Waals surface area contributed by atoms with Crippen molar-refractivity contribution in [2.75, 3.05) is 5.32 Å². The van der Waals surface area contributed by atoms with Crippen molar-refractivity contribution in [3.63, 3.8) is 0 Å². The van der Waals surface area contributed by atoms with Gasteiger partial charge in [-0.3, -0.25) is 0 Å². The second-order valence-electron chi connectivity index (χ2n) is 6.11. The minimum Gasteiger partial charge on any atom is -0.340 e. The fourth-order valence-electron chi connectivity index (χ4n) is 3.37. The van der Waals surface area contributed by atoms with Gasteiger partial charge in [0.1, 0.15) is 17.0 Å². The van der Waals surface area contributed by atoms with E-state index in [-0.39, 0.29) is 0 Å². The molecule has 1 N–H and O–H groups in total. The van der Waals surface area contributed by atoms with Crippen molar-refractivity contribution in [1.29, 1.82) is 0 Å². The maximum atomic E-state index is 4.53. The molecule has 2 heterocycles. The van der Waals surface area contributed by atoms with Crippen LogP contribution in [-0.2, 0) is 12.8 Å². The van der Waals surface area contributed by atoms with Gasteiger partial charge in [-0.25, -0.2) is 9.97 Å². The Balaban J connectivity index is 1.82. The Morgan fingerprint density at radius 2 is 1.77 bits per heavy atom. The van der Waals surface area contributed by atoms with Crippen LogP contribution in [0.5, 0.6) is 0 Å². The van der Waals surface area contributed by atoms with Crippen LogP contribution in [0.1, 0.15) is 34.4 Å². The van der Waals surface area contributed by atoms with Crippen molar-refractivity contribution in [2.24, 2.45) is 0 Å². The number of rotatable bonds is 2. The molecule has 1 aliphatic carbocycles. The van der Waals surface area contributed by atoms with Crippen LogP contribution in [0.2, 0.25) is 0 Å². The van der Waals surface area contributed by atoms with Gasteiger partial charge >= 0.3 is 0 Å². The van der Waals surface area contributed by atoms with Gasteiger partial charge in [0.05, 0.1) is 5.39 Å². The molecule has 2 aromatic heterocycles. The molecule has 4 heteroatoms. The molecule has 0 saturated heterocycles. The second kappa shape index (κ2) is 5.36. The summed E-state index contributed by atoms with van der Waals surface area (Å²) >= 11 is 1.84. The van der Waals surface area contributed by atoms with E-state index >= 15 is 0 Å². The number of benzene rings is 1. The van der Waals surface area contributed by atoms with E-state index in [0.29, 0.717) is 0 Å². The van der Waals surface area contributed by atoms with Crippen LogP contribution >= 0.6 is 11.3 Å². The summed E-state index contributed by atoms with van der Waals surface area (Å²) in [6.45, 7) is 4.25. The molecule has 0 unspecified atom stereocenters. The van der Waals surface area contributed by atoms with Crippen LogP contribution in [0.4, 0.5) is 11.5 Å². The Kier molecular flexibility index (Phi) is 3.34. The summed E-state index contributed by atoms with van der Waals surface area (Å²) in [5.74, 6) is 0.953. The van der Waals surface area contributed by atoms with Crippen molar-refractivity contribution < 1.29 is 0 Å². The molecule has 0 spiro atoms. The van der Waals surface area contributed by atoms with Crippen molar-refractivity contribution in [1.82, 2.24) is 9.97 Å². The van der Waals surface area contributed by atoms with Gasteiger partial charge in [-0.15, -0.1) is 11.3 Å². The minimum absolute atomic E-state index is 0.953. The monoisotopic (exact) mass is 309 g/mol. The van der Waals surface area contributed by atoms with Gasteiger partial charge in [-0.2, -0.15) is 0 Å². The lowest BCUT2D eigenvalue weighted by molar-refractivity contribution is 0.700. The Bertz CT molecular complexity index is 831. The lowest BCUT2D eigenvalue weighted by atomic mass is 9.97. The maximum absolute atomic E-state index is 4.53.